The molecule has 0 fully saturated rings. The zero-order chi connectivity index (χ0) is 53.9. The van der Waals surface area contributed by atoms with Crippen LogP contribution in [0.3, 0.4) is 0 Å². The van der Waals surface area contributed by atoms with Crippen LogP contribution in [-0.2, 0) is 26.5 Å². The fourth-order valence-corrected chi connectivity index (χ4v) is 9.59. The van der Waals surface area contributed by atoms with Crippen LogP contribution in [0.15, 0.2) is 212 Å². The molecule has 0 saturated carbocycles. The molecule has 16 rings (SSSR count). The van der Waals surface area contributed by atoms with E-state index in [4.69, 9.17) is 21.3 Å². The summed E-state index contributed by atoms with van der Waals surface area (Å²) in [7, 11) is 0. The third-order valence-electron chi connectivity index (χ3n) is 12.9. The van der Waals surface area contributed by atoms with Gasteiger partial charge in [0.05, 0.1) is 11.0 Å². The standard InChI is InChI=1S/C64H45N4O2.Pt/c1-64(2,3)57-39-62-65-40-56(57)45-26-31-49(32-27-45)69-48-29-24-44(25-30-48)53-21-13-20-52(43-16-8-5-9-17-43)63(53)67-41-66(59-22-10-11-23-60(59)67)47-18-12-19-50(37-47)70-51-33-34-54-55-36-46(42-14-6-4-7-15-42)28-35-58(55)68(62)61(54)38-51;/h4-36,39-41H,1-3H3;/q-3;/i4D,6D,7D,14D,15D,28D,35D,36D;. The minimum atomic E-state index is -0.605. The number of hydrogen-bond donors (Lipinski definition) is 0. The first-order valence-electron chi connectivity index (χ1n) is 27.0. The summed E-state index contributed by atoms with van der Waals surface area (Å²) in [5.74, 6) is 2.36. The van der Waals surface area contributed by atoms with Gasteiger partial charge >= 0.3 is 0 Å². The minimum absolute atomic E-state index is 0. The smallest absolute Gasteiger partial charge is 0.135 e. The number of pyridine rings is 1. The van der Waals surface area contributed by atoms with Gasteiger partial charge in [0.1, 0.15) is 17.3 Å². The molecule has 5 aliphatic heterocycles. The molecular weight excluding hydrogens is 1050 g/mol. The summed E-state index contributed by atoms with van der Waals surface area (Å²) in [6.45, 7) is 8.39. The minimum Gasteiger partial charge on any atom is -0.509 e. The summed E-state index contributed by atoms with van der Waals surface area (Å²) >= 11 is 0. The van der Waals surface area contributed by atoms with E-state index < -0.39 is 41.7 Å². The van der Waals surface area contributed by atoms with Crippen LogP contribution in [0.2, 0.25) is 0 Å². The van der Waals surface area contributed by atoms with E-state index in [1.807, 2.05) is 91.0 Å². The van der Waals surface area contributed by atoms with E-state index in [0.29, 0.717) is 39.7 Å². The molecule has 0 spiro atoms. The number of ether oxygens (including phenoxy) is 2. The molecule has 0 aliphatic carbocycles. The quantitative estimate of drug-likeness (QED) is 0.161. The normalized spacial score (nSPS) is 14.3. The molecule has 346 valence electrons. The van der Waals surface area contributed by atoms with Crippen molar-refractivity contribution in [1.29, 1.82) is 0 Å². The van der Waals surface area contributed by atoms with Crippen LogP contribution in [0.1, 0.15) is 37.3 Å². The number of benzene rings is 9. The maximum atomic E-state index is 9.81. The van der Waals surface area contributed by atoms with Crippen molar-refractivity contribution in [2.24, 2.45) is 0 Å². The predicted molar refractivity (Wildman–Crippen MR) is 285 cm³/mol. The molecule has 12 bridgehead atoms. The molecule has 9 aromatic carbocycles. The topological polar surface area (TPSA) is 42.8 Å². The Morgan fingerprint density at radius 1 is 0.549 bits per heavy atom. The summed E-state index contributed by atoms with van der Waals surface area (Å²) in [4.78, 5) is 9.38. The maximum Gasteiger partial charge on any atom is 0.135 e. The van der Waals surface area contributed by atoms with Crippen LogP contribution in [0.5, 0.6) is 23.0 Å². The van der Waals surface area contributed by atoms with Gasteiger partial charge < -0.3 is 23.8 Å². The Morgan fingerprint density at radius 2 is 1.20 bits per heavy atom. The summed E-state index contributed by atoms with van der Waals surface area (Å²) in [6, 6.07) is 55.0. The molecule has 0 radical (unpaired) electrons. The van der Waals surface area contributed by atoms with Gasteiger partial charge in [0, 0.05) is 78.0 Å². The molecule has 71 heavy (non-hydrogen) atoms. The van der Waals surface area contributed by atoms with Gasteiger partial charge in [-0.3, -0.25) is 0 Å². The first kappa shape index (κ1) is 35.9. The molecule has 0 amide bonds. The largest absolute Gasteiger partial charge is 0.509 e. The van der Waals surface area contributed by atoms with Crippen molar-refractivity contribution in [2.45, 2.75) is 26.2 Å². The summed E-state index contributed by atoms with van der Waals surface area (Å²) < 4.78 is 86.8. The third-order valence-corrected chi connectivity index (χ3v) is 12.9. The molecule has 0 unspecified atom stereocenters. The average molecular weight is 1110 g/mol. The van der Waals surface area contributed by atoms with Crippen LogP contribution in [-0.4, -0.2) is 9.55 Å². The number of fused-ring (bicyclic) bond motifs is 6. The zero-order valence-corrected chi connectivity index (χ0v) is 40.9. The van der Waals surface area contributed by atoms with Crippen LogP contribution in [0.4, 0.5) is 22.7 Å². The predicted octanol–water partition coefficient (Wildman–Crippen LogP) is 17.0. The van der Waals surface area contributed by atoms with Crippen LogP contribution < -0.4 is 19.3 Å². The van der Waals surface area contributed by atoms with Gasteiger partial charge in [0.2, 0.25) is 0 Å². The molecule has 7 heterocycles. The summed E-state index contributed by atoms with van der Waals surface area (Å²) in [5, 5.41) is 0.660. The van der Waals surface area contributed by atoms with Crippen molar-refractivity contribution in [2.75, 3.05) is 9.80 Å². The maximum absolute atomic E-state index is 9.81. The molecule has 0 atom stereocenters. The number of anilines is 4. The fourth-order valence-electron chi connectivity index (χ4n) is 9.59. The van der Waals surface area contributed by atoms with Crippen molar-refractivity contribution in [3.8, 4) is 73.3 Å². The monoisotopic (exact) mass is 1100 g/mol. The van der Waals surface area contributed by atoms with Crippen molar-refractivity contribution < 1.29 is 41.5 Å². The molecule has 11 aromatic rings. The van der Waals surface area contributed by atoms with Crippen molar-refractivity contribution in [3.05, 3.63) is 237 Å². The second-order valence-corrected chi connectivity index (χ2v) is 18.3. The Labute approximate surface area is 439 Å². The first-order chi connectivity index (χ1) is 37.6. The van der Waals surface area contributed by atoms with E-state index >= 15 is 0 Å². The Bertz CT molecular complexity index is 4250. The molecule has 5 aliphatic rings. The van der Waals surface area contributed by atoms with Gasteiger partial charge in [0.25, 0.3) is 0 Å². The molecule has 0 saturated heterocycles. The van der Waals surface area contributed by atoms with Gasteiger partial charge in [-0.05, 0) is 92.7 Å². The van der Waals surface area contributed by atoms with E-state index in [2.05, 4.69) is 104 Å². The molecule has 0 N–H and O–H groups in total. The van der Waals surface area contributed by atoms with Gasteiger partial charge in [-0.15, -0.1) is 48.1 Å². The number of nitrogens with zero attached hydrogens (tertiary/aromatic N) is 4. The number of aromatic nitrogens is 2. The van der Waals surface area contributed by atoms with Crippen LogP contribution >= 0.6 is 0 Å². The fraction of sp³-hybridized carbons (Fsp3) is 0.0625. The van der Waals surface area contributed by atoms with Crippen molar-refractivity contribution in [1.82, 2.24) is 9.55 Å². The van der Waals surface area contributed by atoms with Gasteiger partial charge in [-0.1, -0.05) is 154 Å². The van der Waals surface area contributed by atoms with E-state index in [1.165, 1.54) is 0 Å². The second kappa shape index (κ2) is 17.7. The Kier molecular flexibility index (Phi) is 8.92. The Hall–Kier alpha value is -8.18. The second-order valence-electron chi connectivity index (χ2n) is 18.3. The molecular formula is C64H45N4O2Pt-3. The molecule has 7 heteroatoms. The SMILES string of the molecule is [2H]c1c([2H])c([2H])c(-c2c([2H])c([2H])c3c(c2[2H])c2ccc4[c-]c2n3-c2cc(C(C)(C)C)c(cn2)-c2ccc(cc2)Oc2ccc(cc2)-c2cccc(-c3ccccc3)c2N2[CH-]N(c3[c-]c(ccc3)O4)c3ccccc32)c([2H])c1[2H].[Pt]. The van der Waals surface area contributed by atoms with Gasteiger partial charge in [-0.2, -0.15) is 12.1 Å². The molecule has 2 aromatic heterocycles. The van der Waals surface area contributed by atoms with E-state index in [-0.39, 0.29) is 60.9 Å². The zero-order valence-electron chi connectivity index (χ0n) is 46.6. The van der Waals surface area contributed by atoms with Gasteiger partial charge in [-0.25, -0.2) is 4.98 Å². The Morgan fingerprint density at radius 3 is 1.92 bits per heavy atom. The van der Waals surface area contributed by atoms with Crippen LogP contribution in [0, 0.1) is 18.8 Å². The Balaban J connectivity index is 0.00000623. The van der Waals surface area contributed by atoms with Crippen molar-refractivity contribution >= 4 is 44.6 Å². The number of hydrogen-bond acceptors (Lipinski definition) is 5. The van der Waals surface area contributed by atoms with E-state index in [0.717, 1.165) is 56.0 Å². The van der Waals surface area contributed by atoms with E-state index in [1.54, 1.807) is 22.9 Å². The first-order valence-corrected chi connectivity index (χ1v) is 23.0. The van der Waals surface area contributed by atoms with E-state index in [9.17, 15) is 4.11 Å². The van der Waals surface area contributed by atoms with Crippen molar-refractivity contribution in [3.63, 3.8) is 0 Å². The number of para-hydroxylation sites is 3. The summed E-state index contributed by atoms with van der Waals surface area (Å²) in [6.07, 6.45) is 1.79. The third kappa shape index (κ3) is 7.85. The summed E-state index contributed by atoms with van der Waals surface area (Å²) in [5.41, 5.74) is 9.85. The molecule has 6 nitrogen and oxygen atoms in total. The van der Waals surface area contributed by atoms with Crippen LogP contribution in [0.25, 0.3) is 72.1 Å². The number of rotatable bonds is 2. The van der Waals surface area contributed by atoms with Gasteiger partial charge in [0.15, 0.2) is 0 Å². The average Bonchev–Trinajstić information content (AvgIpc) is 4.23.